The van der Waals surface area contributed by atoms with Gasteiger partial charge in [0, 0.05) is 13.8 Å². The predicted octanol–water partition coefficient (Wildman–Crippen LogP) is -1.05. The number of esters is 2. The third kappa shape index (κ3) is 3.95. The van der Waals surface area contributed by atoms with E-state index in [-0.39, 0.29) is 6.42 Å². The molecule has 0 saturated carbocycles. The summed E-state index contributed by atoms with van der Waals surface area (Å²) in [6, 6.07) is 0. The molecule has 0 bridgehead atoms. The number of hydrogen-bond donors (Lipinski definition) is 2. The van der Waals surface area contributed by atoms with E-state index in [0.717, 1.165) is 0 Å². The summed E-state index contributed by atoms with van der Waals surface area (Å²) in [5, 5.41) is 18.7. The summed E-state index contributed by atoms with van der Waals surface area (Å²) in [5.74, 6) is -1.11. The molecule has 1 fully saturated rings. The van der Waals surface area contributed by atoms with Crippen LogP contribution in [-0.2, 0) is 23.8 Å². The van der Waals surface area contributed by atoms with Gasteiger partial charge in [0.05, 0.1) is 13.0 Å². The number of carbonyl (C=O) groups excluding carboxylic acids is 2. The zero-order valence-corrected chi connectivity index (χ0v) is 9.66. The van der Waals surface area contributed by atoms with Crippen molar-refractivity contribution in [3.63, 3.8) is 0 Å². The fourth-order valence-corrected chi connectivity index (χ4v) is 1.64. The first-order chi connectivity index (χ1) is 7.93. The Kier molecular flexibility index (Phi) is 4.86. The van der Waals surface area contributed by atoms with Crippen molar-refractivity contribution in [2.45, 2.75) is 44.9 Å². The van der Waals surface area contributed by atoms with Crippen LogP contribution in [0.4, 0.5) is 0 Å². The largest absolute Gasteiger partial charge is 0.459 e. The maximum atomic E-state index is 10.8. The molecular formula is C10H16O7. The van der Waals surface area contributed by atoms with E-state index in [1.807, 2.05) is 0 Å². The molecule has 4 unspecified atom stereocenters. The van der Waals surface area contributed by atoms with E-state index in [9.17, 15) is 14.7 Å². The van der Waals surface area contributed by atoms with Crippen LogP contribution in [0.5, 0.6) is 0 Å². The SMILES string of the molecule is CC(=O)OC1CC(OC(C)=O)C(O)C(CO)O1. The highest BCUT2D eigenvalue weighted by molar-refractivity contribution is 5.66. The number of rotatable bonds is 3. The van der Waals surface area contributed by atoms with Crippen LogP contribution in [0.1, 0.15) is 20.3 Å². The van der Waals surface area contributed by atoms with Crippen LogP contribution < -0.4 is 0 Å². The van der Waals surface area contributed by atoms with Gasteiger partial charge in [-0.3, -0.25) is 9.59 Å². The van der Waals surface area contributed by atoms with Crippen LogP contribution in [-0.4, -0.2) is 53.4 Å². The number of aliphatic hydroxyl groups is 2. The van der Waals surface area contributed by atoms with E-state index in [1.165, 1.54) is 13.8 Å². The third-order valence-corrected chi connectivity index (χ3v) is 2.31. The van der Waals surface area contributed by atoms with E-state index in [1.54, 1.807) is 0 Å². The van der Waals surface area contributed by atoms with Gasteiger partial charge in [-0.05, 0) is 0 Å². The molecule has 0 amide bonds. The van der Waals surface area contributed by atoms with Gasteiger partial charge in [0.25, 0.3) is 0 Å². The highest BCUT2D eigenvalue weighted by Gasteiger charge is 2.40. The van der Waals surface area contributed by atoms with Gasteiger partial charge in [-0.2, -0.15) is 0 Å². The molecule has 1 aliphatic rings. The fourth-order valence-electron chi connectivity index (χ4n) is 1.64. The van der Waals surface area contributed by atoms with Crippen molar-refractivity contribution in [2.24, 2.45) is 0 Å². The van der Waals surface area contributed by atoms with Crippen LogP contribution in [0.3, 0.4) is 0 Å². The van der Waals surface area contributed by atoms with E-state index >= 15 is 0 Å². The lowest BCUT2D eigenvalue weighted by atomic mass is 10.0. The average Bonchev–Trinajstić information content (AvgIpc) is 2.21. The standard InChI is InChI=1S/C10H16O7/c1-5(12)15-7-3-9(16-6(2)13)17-8(4-11)10(7)14/h7-11,14H,3-4H2,1-2H3. The minimum Gasteiger partial charge on any atom is -0.459 e. The van der Waals surface area contributed by atoms with Crippen LogP contribution in [0.2, 0.25) is 0 Å². The van der Waals surface area contributed by atoms with E-state index in [4.69, 9.17) is 19.3 Å². The second-order valence-electron chi connectivity index (χ2n) is 3.77. The lowest BCUT2D eigenvalue weighted by Crippen LogP contribution is -2.52. The zero-order chi connectivity index (χ0) is 13.0. The zero-order valence-electron chi connectivity index (χ0n) is 9.66. The summed E-state index contributed by atoms with van der Waals surface area (Å²) in [6.45, 7) is 1.96. The van der Waals surface area contributed by atoms with Crippen molar-refractivity contribution in [2.75, 3.05) is 6.61 Å². The Labute approximate surface area is 98.3 Å². The topological polar surface area (TPSA) is 102 Å². The maximum absolute atomic E-state index is 10.8. The van der Waals surface area contributed by atoms with Crippen LogP contribution >= 0.6 is 0 Å². The van der Waals surface area contributed by atoms with Crippen LogP contribution in [0.25, 0.3) is 0 Å². The van der Waals surface area contributed by atoms with Crippen LogP contribution in [0.15, 0.2) is 0 Å². The first-order valence-electron chi connectivity index (χ1n) is 5.23. The molecule has 4 atom stereocenters. The van der Waals surface area contributed by atoms with Gasteiger partial charge >= 0.3 is 11.9 Å². The molecule has 0 aromatic carbocycles. The van der Waals surface area contributed by atoms with E-state index in [2.05, 4.69) is 0 Å². The number of aliphatic hydroxyl groups excluding tert-OH is 2. The van der Waals surface area contributed by atoms with Crippen molar-refractivity contribution in [1.82, 2.24) is 0 Å². The number of hydrogen-bond acceptors (Lipinski definition) is 7. The predicted molar refractivity (Wildman–Crippen MR) is 53.7 cm³/mol. The van der Waals surface area contributed by atoms with Crippen LogP contribution in [0, 0.1) is 0 Å². The third-order valence-electron chi connectivity index (χ3n) is 2.31. The summed E-state index contributed by atoms with van der Waals surface area (Å²) in [5.41, 5.74) is 0. The van der Waals surface area contributed by atoms with Gasteiger partial charge in [0.2, 0.25) is 6.29 Å². The molecule has 1 saturated heterocycles. The van der Waals surface area contributed by atoms with E-state index < -0.39 is 43.1 Å². The molecule has 0 aliphatic carbocycles. The monoisotopic (exact) mass is 248 g/mol. The van der Waals surface area contributed by atoms with Crippen molar-refractivity contribution in [1.29, 1.82) is 0 Å². The summed E-state index contributed by atoms with van der Waals surface area (Å²) >= 11 is 0. The lowest BCUT2D eigenvalue weighted by molar-refractivity contribution is -0.253. The van der Waals surface area contributed by atoms with Gasteiger partial charge in [-0.1, -0.05) is 0 Å². The van der Waals surface area contributed by atoms with Gasteiger partial charge in [0.1, 0.15) is 18.3 Å². The minimum atomic E-state index is -1.14. The fraction of sp³-hybridized carbons (Fsp3) is 0.800. The molecule has 0 aromatic heterocycles. The highest BCUT2D eigenvalue weighted by Crippen LogP contribution is 2.23. The number of ether oxygens (including phenoxy) is 3. The molecule has 7 nitrogen and oxygen atoms in total. The highest BCUT2D eigenvalue weighted by atomic mass is 16.7. The molecule has 1 rings (SSSR count). The Morgan fingerprint density at radius 3 is 2.35 bits per heavy atom. The van der Waals surface area contributed by atoms with Crippen molar-refractivity contribution in [3.8, 4) is 0 Å². The molecular weight excluding hydrogens is 232 g/mol. The second kappa shape index (κ2) is 5.95. The molecule has 0 radical (unpaired) electrons. The molecule has 17 heavy (non-hydrogen) atoms. The smallest absolute Gasteiger partial charge is 0.304 e. The second-order valence-corrected chi connectivity index (χ2v) is 3.77. The van der Waals surface area contributed by atoms with Crippen molar-refractivity contribution in [3.05, 3.63) is 0 Å². The Balaban J connectivity index is 2.67. The summed E-state index contributed by atoms with van der Waals surface area (Å²) in [6.07, 6.45) is -3.84. The Morgan fingerprint density at radius 2 is 1.88 bits per heavy atom. The van der Waals surface area contributed by atoms with Gasteiger partial charge in [0.15, 0.2) is 0 Å². The Hall–Kier alpha value is -1.18. The normalized spacial score (nSPS) is 32.9. The summed E-state index contributed by atoms with van der Waals surface area (Å²) in [4.78, 5) is 21.6. The van der Waals surface area contributed by atoms with E-state index in [0.29, 0.717) is 0 Å². The summed E-state index contributed by atoms with van der Waals surface area (Å²) in [7, 11) is 0. The molecule has 7 heteroatoms. The Bertz CT molecular complexity index is 290. The quantitative estimate of drug-likeness (QED) is 0.614. The molecule has 1 heterocycles. The summed E-state index contributed by atoms with van der Waals surface area (Å²) < 4.78 is 14.8. The van der Waals surface area contributed by atoms with Gasteiger partial charge in [-0.15, -0.1) is 0 Å². The molecule has 0 aromatic rings. The molecule has 0 spiro atoms. The number of carbonyl (C=O) groups is 2. The van der Waals surface area contributed by atoms with Gasteiger partial charge in [-0.25, -0.2) is 0 Å². The molecule has 2 N–H and O–H groups in total. The average molecular weight is 248 g/mol. The minimum absolute atomic E-state index is 0.0385. The first-order valence-corrected chi connectivity index (χ1v) is 5.23. The molecule has 1 aliphatic heterocycles. The maximum Gasteiger partial charge on any atom is 0.304 e. The molecule has 98 valence electrons. The first kappa shape index (κ1) is 13.9. The van der Waals surface area contributed by atoms with Crippen molar-refractivity contribution < 1.29 is 34.0 Å². The van der Waals surface area contributed by atoms with Gasteiger partial charge < -0.3 is 24.4 Å². The lowest BCUT2D eigenvalue weighted by Gasteiger charge is -2.37. The Morgan fingerprint density at radius 1 is 1.29 bits per heavy atom. The van der Waals surface area contributed by atoms with Crippen molar-refractivity contribution >= 4 is 11.9 Å².